The van der Waals surface area contributed by atoms with E-state index in [0.717, 1.165) is 0 Å². The fraction of sp³-hybridized carbons (Fsp3) is 0.167. The summed E-state index contributed by atoms with van der Waals surface area (Å²) < 4.78 is 0. The van der Waals surface area contributed by atoms with Gasteiger partial charge < -0.3 is 0 Å². The van der Waals surface area contributed by atoms with Crippen molar-refractivity contribution < 1.29 is 16.5 Å². The predicted molar refractivity (Wildman–Crippen MR) is 116 cm³/mol. The zero-order valence-electron chi connectivity index (χ0n) is 17.3. The third kappa shape index (κ3) is 15.8. The molecule has 4 rings (SSSR count). The molecule has 0 radical (unpaired) electrons. The Hall–Kier alpha value is -2.91. The first-order valence-electron chi connectivity index (χ1n) is 9.04. The minimum atomic E-state index is 0. The van der Waals surface area contributed by atoms with E-state index in [1.807, 2.05) is 76.2 Å². The SMILES string of the molecule is Cc1ccncc1.Cc1ccncc1.Cc1ccncc1.Cc1ccncc1.[Ni]. The van der Waals surface area contributed by atoms with Gasteiger partial charge in [0.05, 0.1) is 0 Å². The predicted octanol–water partition coefficient (Wildman–Crippen LogP) is 5.56. The van der Waals surface area contributed by atoms with Gasteiger partial charge in [-0.1, -0.05) is 0 Å². The molecule has 0 aromatic carbocycles. The van der Waals surface area contributed by atoms with Gasteiger partial charge in [0, 0.05) is 66.1 Å². The summed E-state index contributed by atoms with van der Waals surface area (Å²) in [6.45, 7) is 8.17. The molecule has 0 fully saturated rings. The van der Waals surface area contributed by atoms with E-state index in [9.17, 15) is 0 Å². The molecule has 29 heavy (non-hydrogen) atoms. The van der Waals surface area contributed by atoms with Gasteiger partial charge in [-0.05, 0) is 98.5 Å². The van der Waals surface area contributed by atoms with E-state index in [-0.39, 0.29) is 16.5 Å². The molecule has 4 aromatic heterocycles. The van der Waals surface area contributed by atoms with Gasteiger partial charge in [0.1, 0.15) is 0 Å². The minimum Gasteiger partial charge on any atom is -0.265 e. The Morgan fingerprint density at radius 1 is 0.345 bits per heavy atom. The molecule has 0 saturated heterocycles. The maximum absolute atomic E-state index is 3.85. The van der Waals surface area contributed by atoms with Crippen LogP contribution < -0.4 is 0 Å². The van der Waals surface area contributed by atoms with Crippen LogP contribution in [-0.2, 0) is 16.5 Å². The molecule has 5 heteroatoms. The molecule has 4 heterocycles. The molecule has 0 unspecified atom stereocenters. The zero-order chi connectivity index (χ0) is 20.5. The summed E-state index contributed by atoms with van der Waals surface area (Å²) in [5.41, 5.74) is 5.04. The summed E-state index contributed by atoms with van der Waals surface area (Å²) in [5, 5.41) is 0. The smallest absolute Gasteiger partial charge is 0.0270 e. The van der Waals surface area contributed by atoms with Crippen molar-refractivity contribution in [3.8, 4) is 0 Å². The molecule has 4 aromatic rings. The number of nitrogens with zero attached hydrogens (tertiary/aromatic N) is 4. The van der Waals surface area contributed by atoms with Crippen molar-refractivity contribution in [1.82, 2.24) is 19.9 Å². The first-order chi connectivity index (χ1) is 13.6. The summed E-state index contributed by atoms with van der Waals surface area (Å²) in [5.74, 6) is 0. The van der Waals surface area contributed by atoms with E-state index >= 15 is 0 Å². The molecule has 4 nitrogen and oxygen atoms in total. The number of aromatic nitrogens is 4. The average Bonchev–Trinajstić information content (AvgIpc) is 2.72. The molecule has 0 aliphatic heterocycles. The van der Waals surface area contributed by atoms with E-state index < -0.39 is 0 Å². The maximum Gasteiger partial charge on any atom is 0.0270 e. The van der Waals surface area contributed by atoms with E-state index in [0.29, 0.717) is 0 Å². The summed E-state index contributed by atoms with van der Waals surface area (Å²) >= 11 is 0. The Morgan fingerprint density at radius 2 is 0.483 bits per heavy atom. The third-order valence-electron chi connectivity index (χ3n) is 3.39. The minimum absolute atomic E-state index is 0. The first-order valence-corrected chi connectivity index (χ1v) is 9.04. The molecular formula is C24H28N4Ni. The Morgan fingerprint density at radius 3 is 0.552 bits per heavy atom. The van der Waals surface area contributed by atoms with Crippen molar-refractivity contribution in [3.05, 3.63) is 120 Å². The average molecular weight is 431 g/mol. The van der Waals surface area contributed by atoms with Gasteiger partial charge in [0.15, 0.2) is 0 Å². The van der Waals surface area contributed by atoms with Crippen LogP contribution >= 0.6 is 0 Å². The van der Waals surface area contributed by atoms with Crippen LogP contribution in [0, 0.1) is 27.7 Å². The number of rotatable bonds is 0. The zero-order valence-corrected chi connectivity index (χ0v) is 18.3. The second kappa shape index (κ2) is 17.2. The van der Waals surface area contributed by atoms with Crippen LogP contribution in [0.4, 0.5) is 0 Å². The van der Waals surface area contributed by atoms with E-state index in [1.165, 1.54) is 22.3 Å². The van der Waals surface area contributed by atoms with Crippen molar-refractivity contribution in [2.75, 3.05) is 0 Å². The molecular weight excluding hydrogens is 403 g/mol. The van der Waals surface area contributed by atoms with E-state index in [2.05, 4.69) is 19.9 Å². The quantitative estimate of drug-likeness (QED) is 0.342. The van der Waals surface area contributed by atoms with Gasteiger partial charge in [-0.3, -0.25) is 19.9 Å². The van der Waals surface area contributed by atoms with Crippen LogP contribution in [-0.4, -0.2) is 19.9 Å². The molecule has 0 N–H and O–H groups in total. The Bertz CT molecular complexity index is 693. The van der Waals surface area contributed by atoms with E-state index in [1.54, 1.807) is 49.6 Å². The van der Waals surface area contributed by atoms with Crippen LogP contribution in [0.25, 0.3) is 0 Å². The molecule has 0 saturated carbocycles. The van der Waals surface area contributed by atoms with Crippen molar-refractivity contribution in [1.29, 1.82) is 0 Å². The maximum atomic E-state index is 3.85. The van der Waals surface area contributed by atoms with Crippen molar-refractivity contribution in [2.45, 2.75) is 27.7 Å². The Labute approximate surface area is 184 Å². The molecule has 154 valence electrons. The van der Waals surface area contributed by atoms with Gasteiger partial charge in [0.25, 0.3) is 0 Å². The van der Waals surface area contributed by atoms with Crippen LogP contribution in [0.2, 0.25) is 0 Å². The molecule has 0 aliphatic carbocycles. The number of hydrogen-bond donors (Lipinski definition) is 0. The summed E-state index contributed by atoms with van der Waals surface area (Å²) in [7, 11) is 0. The van der Waals surface area contributed by atoms with Gasteiger partial charge in [0.2, 0.25) is 0 Å². The van der Waals surface area contributed by atoms with Crippen LogP contribution in [0.1, 0.15) is 22.3 Å². The Kier molecular flexibility index (Phi) is 15.5. The molecule has 0 bridgehead atoms. The number of pyridine rings is 4. The van der Waals surface area contributed by atoms with Gasteiger partial charge in [-0.25, -0.2) is 0 Å². The topological polar surface area (TPSA) is 51.6 Å². The standard InChI is InChI=1S/4C6H7N.Ni/c4*1-6-2-4-7-5-3-6;/h4*2-5H,1H3;. The fourth-order valence-corrected chi connectivity index (χ4v) is 1.71. The normalized spacial score (nSPS) is 8.41. The second-order valence-corrected chi connectivity index (χ2v) is 6.10. The van der Waals surface area contributed by atoms with Crippen molar-refractivity contribution >= 4 is 0 Å². The summed E-state index contributed by atoms with van der Waals surface area (Å²) in [6.07, 6.45) is 14.3. The van der Waals surface area contributed by atoms with Crippen LogP contribution in [0.3, 0.4) is 0 Å². The van der Waals surface area contributed by atoms with Crippen LogP contribution in [0.15, 0.2) is 98.1 Å². The summed E-state index contributed by atoms with van der Waals surface area (Å²) in [6, 6.07) is 15.8. The van der Waals surface area contributed by atoms with E-state index in [4.69, 9.17) is 0 Å². The third-order valence-corrected chi connectivity index (χ3v) is 3.39. The van der Waals surface area contributed by atoms with Crippen molar-refractivity contribution in [2.24, 2.45) is 0 Å². The number of hydrogen-bond acceptors (Lipinski definition) is 4. The molecule has 0 spiro atoms. The van der Waals surface area contributed by atoms with Gasteiger partial charge >= 0.3 is 0 Å². The second-order valence-electron chi connectivity index (χ2n) is 6.10. The van der Waals surface area contributed by atoms with Crippen molar-refractivity contribution in [3.63, 3.8) is 0 Å². The Balaban J connectivity index is 0.000000356. The first kappa shape index (κ1) is 26.1. The largest absolute Gasteiger partial charge is 0.265 e. The molecule has 0 atom stereocenters. The monoisotopic (exact) mass is 430 g/mol. The number of aryl methyl sites for hydroxylation is 4. The molecule has 0 amide bonds. The summed E-state index contributed by atoms with van der Waals surface area (Å²) in [4.78, 5) is 15.4. The van der Waals surface area contributed by atoms with Gasteiger partial charge in [-0.15, -0.1) is 0 Å². The molecule has 0 aliphatic rings. The fourth-order valence-electron chi connectivity index (χ4n) is 1.71. The van der Waals surface area contributed by atoms with Crippen LogP contribution in [0.5, 0.6) is 0 Å². The van der Waals surface area contributed by atoms with Gasteiger partial charge in [-0.2, -0.15) is 0 Å².